The number of benzene rings is 1. The molecule has 0 radical (unpaired) electrons. The quantitative estimate of drug-likeness (QED) is 0.927. The number of anilines is 1. The highest BCUT2D eigenvalue weighted by molar-refractivity contribution is 6.33. The highest BCUT2D eigenvalue weighted by Crippen LogP contribution is 2.33. The highest BCUT2D eigenvalue weighted by Gasteiger charge is 2.25. The van der Waals surface area contributed by atoms with Gasteiger partial charge in [-0.2, -0.15) is 0 Å². The van der Waals surface area contributed by atoms with E-state index in [1.54, 1.807) is 0 Å². The van der Waals surface area contributed by atoms with Crippen molar-refractivity contribution in [2.45, 2.75) is 51.9 Å². The lowest BCUT2D eigenvalue weighted by atomic mass is 10.0. The predicted octanol–water partition coefficient (Wildman–Crippen LogP) is 3.23. The number of nitrogens with zero attached hydrogens (tertiary/aromatic N) is 1. The Labute approximate surface area is 127 Å². The Bertz CT molecular complexity index is 442. The summed E-state index contributed by atoms with van der Waals surface area (Å²) in [5, 5.41) is 0.812. The minimum atomic E-state index is 0.183. The van der Waals surface area contributed by atoms with Crippen molar-refractivity contribution in [1.29, 1.82) is 0 Å². The van der Waals surface area contributed by atoms with Crippen molar-refractivity contribution in [3.05, 3.63) is 28.8 Å². The van der Waals surface area contributed by atoms with Crippen LogP contribution in [0, 0.1) is 0 Å². The molecule has 0 amide bonds. The van der Waals surface area contributed by atoms with Gasteiger partial charge >= 0.3 is 0 Å². The van der Waals surface area contributed by atoms with E-state index in [-0.39, 0.29) is 18.2 Å². The van der Waals surface area contributed by atoms with E-state index < -0.39 is 0 Å². The maximum atomic E-state index is 6.46. The van der Waals surface area contributed by atoms with Gasteiger partial charge in [-0.1, -0.05) is 30.7 Å². The monoisotopic (exact) mass is 296 g/mol. The predicted molar refractivity (Wildman–Crippen MR) is 85.6 cm³/mol. The van der Waals surface area contributed by atoms with Crippen LogP contribution < -0.4 is 10.6 Å². The van der Waals surface area contributed by atoms with Gasteiger partial charge in [0.2, 0.25) is 0 Å². The molecule has 112 valence electrons. The van der Waals surface area contributed by atoms with Crippen LogP contribution in [0.4, 0.5) is 5.69 Å². The van der Waals surface area contributed by atoms with Crippen LogP contribution in [0.3, 0.4) is 0 Å². The largest absolute Gasteiger partial charge is 0.372 e. The molecule has 0 aliphatic carbocycles. The molecule has 20 heavy (non-hydrogen) atoms. The smallest absolute Gasteiger partial charge is 0.0726 e. The van der Waals surface area contributed by atoms with E-state index in [1.807, 2.05) is 12.1 Å². The fourth-order valence-electron chi connectivity index (χ4n) is 2.87. The first kappa shape index (κ1) is 15.6. The standard InChI is InChI=1S/C16H25ClN2O/c1-4-14(18)8-13-6-5-7-15(17)16(13)19-9-11(2)20-12(3)10-19/h5-7,11-12,14H,4,8-10,18H2,1-3H3/t11-,12+,14?. The van der Waals surface area contributed by atoms with Crippen LogP contribution in [0.25, 0.3) is 0 Å². The number of para-hydroxylation sites is 1. The second-order valence-electron chi connectivity index (χ2n) is 5.78. The van der Waals surface area contributed by atoms with Crippen LogP contribution in [-0.4, -0.2) is 31.3 Å². The molecule has 1 aliphatic rings. The molecular formula is C16H25ClN2O. The minimum Gasteiger partial charge on any atom is -0.372 e. The minimum absolute atomic E-state index is 0.183. The summed E-state index contributed by atoms with van der Waals surface area (Å²) in [5.41, 5.74) is 8.50. The Morgan fingerprint density at radius 3 is 2.60 bits per heavy atom. The molecule has 1 aromatic rings. The average molecular weight is 297 g/mol. The summed E-state index contributed by atoms with van der Waals surface area (Å²) in [7, 11) is 0. The first-order chi connectivity index (χ1) is 9.51. The summed E-state index contributed by atoms with van der Waals surface area (Å²) in [6.45, 7) is 8.09. The third kappa shape index (κ3) is 3.66. The summed E-state index contributed by atoms with van der Waals surface area (Å²) in [6.07, 6.45) is 2.29. The molecule has 4 heteroatoms. The van der Waals surface area contributed by atoms with Crippen molar-refractivity contribution in [1.82, 2.24) is 0 Å². The van der Waals surface area contributed by atoms with E-state index in [9.17, 15) is 0 Å². The molecule has 1 heterocycles. The topological polar surface area (TPSA) is 38.5 Å². The van der Waals surface area contributed by atoms with Gasteiger partial charge in [0.25, 0.3) is 0 Å². The molecule has 2 N–H and O–H groups in total. The SMILES string of the molecule is CCC(N)Cc1cccc(Cl)c1N1C[C@@H](C)O[C@@H](C)C1. The van der Waals surface area contributed by atoms with E-state index >= 15 is 0 Å². The number of hydrogen-bond donors (Lipinski definition) is 1. The lowest BCUT2D eigenvalue weighted by Crippen LogP contribution is -2.46. The maximum Gasteiger partial charge on any atom is 0.0726 e. The molecule has 1 saturated heterocycles. The molecule has 0 saturated carbocycles. The first-order valence-electron chi connectivity index (χ1n) is 7.44. The van der Waals surface area contributed by atoms with Crippen molar-refractivity contribution in [2.75, 3.05) is 18.0 Å². The number of hydrogen-bond acceptors (Lipinski definition) is 3. The summed E-state index contributed by atoms with van der Waals surface area (Å²) < 4.78 is 5.81. The summed E-state index contributed by atoms with van der Waals surface area (Å²) >= 11 is 6.46. The van der Waals surface area contributed by atoms with E-state index in [2.05, 4.69) is 31.7 Å². The van der Waals surface area contributed by atoms with Gasteiger partial charge in [0.1, 0.15) is 0 Å². The van der Waals surface area contributed by atoms with Gasteiger partial charge in [0, 0.05) is 19.1 Å². The number of nitrogens with two attached hydrogens (primary N) is 1. The Morgan fingerprint density at radius 2 is 2.00 bits per heavy atom. The fourth-order valence-corrected chi connectivity index (χ4v) is 3.18. The van der Waals surface area contributed by atoms with E-state index in [4.69, 9.17) is 22.1 Å². The molecule has 0 aromatic heterocycles. The van der Waals surface area contributed by atoms with Crippen molar-refractivity contribution in [3.63, 3.8) is 0 Å². The molecule has 0 spiro atoms. The van der Waals surface area contributed by atoms with Gasteiger partial charge in [-0.3, -0.25) is 0 Å². The molecule has 1 aliphatic heterocycles. The second kappa shape index (κ2) is 6.79. The number of ether oxygens (including phenoxy) is 1. The van der Waals surface area contributed by atoms with Gasteiger partial charge < -0.3 is 15.4 Å². The summed E-state index contributed by atoms with van der Waals surface area (Å²) in [6, 6.07) is 6.30. The zero-order valence-corrected chi connectivity index (χ0v) is 13.4. The molecule has 2 rings (SSSR count). The normalized spacial score (nSPS) is 24.8. The Hall–Kier alpha value is -0.770. The van der Waals surface area contributed by atoms with Crippen LogP contribution in [-0.2, 0) is 11.2 Å². The third-order valence-corrected chi connectivity index (χ3v) is 4.12. The average Bonchev–Trinajstić information content (AvgIpc) is 2.37. The lowest BCUT2D eigenvalue weighted by molar-refractivity contribution is -0.00525. The van der Waals surface area contributed by atoms with Gasteiger partial charge in [0.05, 0.1) is 22.9 Å². The zero-order valence-electron chi connectivity index (χ0n) is 12.6. The summed E-state index contributed by atoms with van der Waals surface area (Å²) in [4.78, 5) is 2.35. The fraction of sp³-hybridized carbons (Fsp3) is 0.625. The molecule has 3 nitrogen and oxygen atoms in total. The van der Waals surface area contributed by atoms with Crippen molar-refractivity contribution >= 4 is 17.3 Å². The van der Waals surface area contributed by atoms with E-state index in [0.29, 0.717) is 0 Å². The van der Waals surface area contributed by atoms with E-state index in [1.165, 1.54) is 5.56 Å². The molecule has 3 atom stereocenters. The van der Waals surface area contributed by atoms with Crippen LogP contribution in [0.2, 0.25) is 5.02 Å². The Morgan fingerprint density at radius 1 is 1.35 bits per heavy atom. The van der Waals surface area contributed by atoms with Crippen LogP contribution >= 0.6 is 11.6 Å². The number of morpholine rings is 1. The lowest BCUT2D eigenvalue weighted by Gasteiger charge is -2.38. The maximum absolute atomic E-state index is 6.46. The number of halogens is 1. The van der Waals surface area contributed by atoms with Crippen LogP contribution in [0.5, 0.6) is 0 Å². The van der Waals surface area contributed by atoms with Gasteiger partial charge in [-0.15, -0.1) is 0 Å². The van der Waals surface area contributed by atoms with Crippen molar-refractivity contribution < 1.29 is 4.74 Å². The second-order valence-corrected chi connectivity index (χ2v) is 6.19. The Kier molecular flexibility index (Phi) is 5.30. The van der Waals surface area contributed by atoms with Gasteiger partial charge in [-0.05, 0) is 38.3 Å². The van der Waals surface area contributed by atoms with Crippen LogP contribution in [0.1, 0.15) is 32.8 Å². The molecule has 1 unspecified atom stereocenters. The number of rotatable bonds is 4. The van der Waals surface area contributed by atoms with E-state index in [0.717, 1.165) is 36.6 Å². The zero-order chi connectivity index (χ0) is 14.7. The molecular weight excluding hydrogens is 272 g/mol. The molecule has 1 fully saturated rings. The van der Waals surface area contributed by atoms with Crippen molar-refractivity contribution in [2.24, 2.45) is 5.73 Å². The first-order valence-corrected chi connectivity index (χ1v) is 7.82. The molecule has 1 aromatic carbocycles. The van der Waals surface area contributed by atoms with Crippen LogP contribution in [0.15, 0.2) is 18.2 Å². The highest BCUT2D eigenvalue weighted by atomic mass is 35.5. The van der Waals surface area contributed by atoms with Gasteiger partial charge in [0.15, 0.2) is 0 Å². The van der Waals surface area contributed by atoms with Crippen molar-refractivity contribution in [3.8, 4) is 0 Å². The van der Waals surface area contributed by atoms with Gasteiger partial charge in [-0.25, -0.2) is 0 Å². The Balaban J connectivity index is 2.29. The summed E-state index contributed by atoms with van der Waals surface area (Å²) in [5.74, 6) is 0. The molecule has 0 bridgehead atoms. The third-order valence-electron chi connectivity index (χ3n) is 3.81.